The Balaban J connectivity index is 1.43. The van der Waals surface area contributed by atoms with Crippen LogP contribution < -0.4 is 10.6 Å². The van der Waals surface area contributed by atoms with Crippen LogP contribution in [0.3, 0.4) is 0 Å². The Bertz CT molecular complexity index is 1020. The van der Waals surface area contributed by atoms with Gasteiger partial charge in [-0.3, -0.25) is 0 Å². The van der Waals surface area contributed by atoms with Crippen LogP contribution in [0.4, 0.5) is 10.7 Å². The van der Waals surface area contributed by atoms with Crippen LogP contribution in [0.5, 0.6) is 0 Å². The molecule has 1 saturated heterocycles. The van der Waals surface area contributed by atoms with E-state index in [-0.39, 0.29) is 6.03 Å². The summed E-state index contributed by atoms with van der Waals surface area (Å²) in [5, 5.41) is 14.9. The molecule has 0 unspecified atom stereocenters. The number of anilines is 1. The predicted octanol–water partition coefficient (Wildman–Crippen LogP) is 3.18. The van der Waals surface area contributed by atoms with Crippen molar-refractivity contribution in [1.29, 1.82) is 5.26 Å². The Morgan fingerprint density at radius 3 is 2.75 bits per heavy atom. The lowest BCUT2D eigenvalue weighted by molar-refractivity contribution is 0.219. The summed E-state index contributed by atoms with van der Waals surface area (Å²) in [4.78, 5) is 24.3. The number of amides is 2. The van der Waals surface area contributed by atoms with Gasteiger partial charge in [0.15, 0.2) is 0 Å². The maximum atomic E-state index is 11.6. The van der Waals surface area contributed by atoms with Crippen LogP contribution in [0.2, 0.25) is 0 Å². The molecule has 1 aliphatic heterocycles. The smallest absolute Gasteiger partial charge is 0.317 e. The van der Waals surface area contributed by atoms with E-state index in [1.54, 1.807) is 22.4 Å². The van der Waals surface area contributed by atoms with Crippen LogP contribution in [0, 0.1) is 11.3 Å². The van der Waals surface area contributed by atoms with Crippen molar-refractivity contribution in [3.8, 4) is 27.1 Å². The number of carbonyl (C=O) groups excluding carboxylic acids is 1. The molecule has 140 valence electrons. The van der Waals surface area contributed by atoms with Gasteiger partial charge in [0.2, 0.25) is 5.95 Å². The van der Waals surface area contributed by atoms with Crippen LogP contribution in [-0.2, 0) is 0 Å². The highest BCUT2D eigenvalue weighted by molar-refractivity contribution is 7.18. The summed E-state index contributed by atoms with van der Waals surface area (Å²) in [6.07, 6.45) is 1.73. The molecule has 1 fully saturated rings. The Kier molecular flexibility index (Phi) is 5.17. The molecule has 3 aromatic rings. The number of urea groups is 1. The number of carbonyl (C=O) groups is 1. The molecule has 0 saturated carbocycles. The lowest BCUT2D eigenvalue weighted by Gasteiger charge is -2.14. The van der Waals surface area contributed by atoms with Crippen LogP contribution in [0.15, 0.2) is 48.7 Å². The highest BCUT2D eigenvalue weighted by atomic mass is 32.1. The highest BCUT2D eigenvalue weighted by Gasteiger charge is 2.18. The van der Waals surface area contributed by atoms with E-state index in [9.17, 15) is 4.79 Å². The average molecular weight is 390 g/mol. The van der Waals surface area contributed by atoms with Crippen molar-refractivity contribution < 1.29 is 4.79 Å². The minimum Gasteiger partial charge on any atom is -0.352 e. The van der Waals surface area contributed by atoms with Gasteiger partial charge in [-0.05, 0) is 35.9 Å². The van der Waals surface area contributed by atoms with Crippen molar-refractivity contribution in [3.63, 3.8) is 0 Å². The average Bonchev–Trinajstić information content (AvgIpc) is 3.38. The quantitative estimate of drug-likeness (QED) is 0.674. The molecule has 4 rings (SSSR count). The number of aromatic nitrogens is 2. The Morgan fingerprint density at radius 1 is 1.18 bits per heavy atom. The molecule has 7 nitrogen and oxygen atoms in total. The van der Waals surface area contributed by atoms with Gasteiger partial charge in [0.25, 0.3) is 0 Å². The maximum Gasteiger partial charge on any atom is 0.317 e. The van der Waals surface area contributed by atoms with Crippen LogP contribution in [0.1, 0.15) is 5.56 Å². The molecule has 1 aromatic carbocycles. The normalized spacial score (nSPS) is 13.2. The summed E-state index contributed by atoms with van der Waals surface area (Å²) >= 11 is 1.64. The first-order chi connectivity index (χ1) is 13.7. The number of benzene rings is 1. The lowest BCUT2D eigenvalue weighted by Crippen LogP contribution is -2.32. The monoisotopic (exact) mass is 390 g/mol. The predicted molar refractivity (Wildman–Crippen MR) is 109 cm³/mol. The van der Waals surface area contributed by atoms with Crippen molar-refractivity contribution in [3.05, 3.63) is 54.2 Å². The Labute approximate surface area is 166 Å². The fraction of sp³-hybridized carbons (Fsp3) is 0.200. The van der Waals surface area contributed by atoms with Crippen molar-refractivity contribution in [2.24, 2.45) is 0 Å². The van der Waals surface area contributed by atoms with Crippen molar-refractivity contribution in [2.75, 3.05) is 31.5 Å². The standard InChI is InChI=1S/C20H18N6OS/c21-13-14-1-3-15(4-2-14)17-5-6-18(28-17)16-7-8-22-19(25-16)23-9-11-26-12-10-24-20(26)27/h1-8H,9-12H2,(H,24,27)(H,22,23,25). The molecule has 0 bridgehead atoms. The van der Waals surface area contributed by atoms with Gasteiger partial charge in [-0.1, -0.05) is 12.1 Å². The van der Waals surface area contributed by atoms with Gasteiger partial charge in [-0.25, -0.2) is 14.8 Å². The van der Waals surface area contributed by atoms with Crippen molar-refractivity contribution in [2.45, 2.75) is 0 Å². The second-order valence-electron chi connectivity index (χ2n) is 6.26. The zero-order chi connectivity index (χ0) is 19.3. The number of nitrogens with zero attached hydrogens (tertiary/aromatic N) is 4. The molecule has 2 amide bonds. The van der Waals surface area contributed by atoms with Gasteiger partial charge >= 0.3 is 6.03 Å². The fourth-order valence-corrected chi connectivity index (χ4v) is 3.93. The molecule has 0 spiro atoms. The summed E-state index contributed by atoms with van der Waals surface area (Å²) in [5.41, 5.74) is 2.58. The minimum absolute atomic E-state index is 0.0228. The first-order valence-corrected chi connectivity index (χ1v) is 9.75. The van der Waals surface area contributed by atoms with E-state index in [0.717, 1.165) is 27.6 Å². The molecule has 0 radical (unpaired) electrons. The summed E-state index contributed by atoms with van der Waals surface area (Å²) in [7, 11) is 0. The number of rotatable bonds is 6. The number of hydrogen-bond donors (Lipinski definition) is 2. The molecule has 0 atom stereocenters. The van der Waals surface area contributed by atoms with E-state index in [1.807, 2.05) is 36.4 Å². The van der Waals surface area contributed by atoms with Gasteiger partial charge in [0.05, 0.1) is 22.2 Å². The van der Waals surface area contributed by atoms with Crippen LogP contribution in [0.25, 0.3) is 21.0 Å². The zero-order valence-corrected chi connectivity index (χ0v) is 15.9. The number of thiophene rings is 1. The minimum atomic E-state index is -0.0228. The third-order valence-electron chi connectivity index (χ3n) is 4.42. The van der Waals surface area contributed by atoms with E-state index >= 15 is 0 Å². The third kappa shape index (κ3) is 3.94. The van der Waals surface area contributed by atoms with Gasteiger partial charge in [-0.15, -0.1) is 11.3 Å². The Hall–Kier alpha value is -3.44. The van der Waals surface area contributed by atoms with Gasteiger partial charge in [0.1, 0.15) is 0 Å². The number of hydrogen-bond acceptors (Lipinski definition) is 6. The molecule has 2 aromatic heterocycles. The molecule has 28 heavy (non-hydrogen) atoms. The molecule has 3 heterocycles. The third-order valence-corrected chi connectivity index (χ3v) is 5.58. The number of nitrogens with one attached hydrogen (secondary N) is 2. The van der Waals surface area contributed by atoms with Crippen molar-refractivity contribution >= 4 is 23.3 Å². The van der Waals surface area contributed by atoms with E-state index < -0.39 is 0 Å². The lowest BCUT2D eigenvalue weighted by atomic mass is 10.1. The molecule has 1 aliphatic rings. The summed E-state index contributed by atoms with van der Waals surface area (Å²) in [5.74, 6) is 0.547. The van der Waals surface area contributed by atoms with Crippen LogP contribution >= 0.6 is 11.3 Å². The van der Waals surface area contributed by atoms with E-state index in [1.165, 1.54) is 0 Å². The Morgan fingerprint density at radius 2 is 2.00 bits per heavy atom. The molecule has 0 aliphatic carbocycles. The molecule has 2 N–H and O–H groups in total. The van der Waals surface area contributed by atoms with Crippen molar-refractivity contribution in [1.82, 2.24) is 20.2 Å². The SMILES string of the molecule is N#Cc1ccc(-c2ccc(-c3ccnc(NCCN4CCNC4=O)n3)s2)cc1. The molecular weight excluding hydrogens is 372 g/mol. The first kappa shape index (κ1) is 17.9. The fourth-order valence-electron chi connectivity index (χ4n) is 2.95. The second kappa shape index (κ2) is 8.06. The summed E-state index contributed by atoms with van der Waals surface area (Å²) in [6, 6.07) is 15.6. The highest BCUT2D eigenvalue weighted by Crippen LogP contribution is 2.33. The largest absolute Gasteiger partial charge is 0.352 e. The topological polar surface area (TPSA) is 93.9 Å². The maximum absolute atomic E-state index is 11.6. The number of nitriles is 1. The second-order valence-corrected chi connectivity index (χ2v) is 7.35. The van der Waals surface area contributed by atoms with Gasteiger partial charge < -0.3 is 15.5 Å². The summed E-state index contributed by atoms with van der Waals surface area (Å²) < 4.78 is 0. The van der Waals surface area contributed by atoms with Crippen LogP contribution in [-0.4, -0.2) is 47.1 Å². The first-order valence-electron chi connectivity index (χ1n) is 8.93. The zero-order valence-electron chi connectivity index (χ0n) is 15.1. The van der Waals surface area contributed by atoms with Gasteiger partial charge in [0, 0.05) is 37.3 Å². The van der Waals surface area contributed by atoms with Gasteiger partial charge in [-0.2, -0.15) is 5.26 Å². The molecule has 8 heteroatoms. The van der Waals surface area contributed by atoms with E-state index in [4.69, 9.17) is 5.26 Å². The van der Waals surface area contributed by atoms with E-state index in [2.05, 4.69) is 32.7 Å². The summed E-state index contributed by atoms with van der Waals surface area (Å²) in [6.45, 7) is 2.64. The molecular formula is C20H18N6OS. The van der Waals surface area contributed by atoms with E-state index in [0.29, 0.717) is 31.1 Å².